The molecule has 1 fully saturated rings. The van der Waals surface area contributed by atoms with Crippen LogP contribution in [0.3, 0.4) is 0 Å². The second-order valence-electron chi connectivity index (χ2n) is 8.33. The summed E-state index contributed by atoms with van der Waals surface area (Å²) in [5.74, 6) is 0.157. The predicted octanol–water partition coefficient (Wildman–Crippen LogP) is 1.22. The molecule has 1 saturated heterocycles. The molecule has 0 bridgehead atoms. The van der Waals surface area contributed by atoms with Crippen molar-refractivity contribution >= 4 is 34.5 Å². The van der Waals surface area contributed by atoms with Gasteiger partial charge in [0.1, 0.15) is 12.2 Å². The molecule has 12 nitrogen and oxygen atoms in total. The third kappa shape index (κ3) is 4.46. The lowest BCUT2D eigenvalue weighted by Gasteiger charge is -2.17. The van der Waals surface area contributed by atoms with Gasteiger partial charge in [0.05, 0.1) is 23.6 Å². The quantitative estimate of drug-likeness (QED) is 0.297. The number of nitrogens with one attached hydrogen (secondary N) is 2. The van der Waals surface area contributed by atoms with E-state index in [4.69, 9.17) is 16.3 Å². The summed E-state index contributed by atoms with van der Waals surface area (Å²) in [6, 6.07) is 5.54. The first-order chi connectivity index (χ1) is 17.4. The van der Waals surface area contributed by atoms with Crippen LogP contribution in [-0.4, -0.2) is 71.0 Å². The monoisotopic (exact) mass is 510 g/mol. The van der Waals surface area contributed by atoms with Crippen molar-refractivity contribution in [2.45, 2.75) is 38.0 Å². The zero-order valence-corrected chi connectivity index (χ0v) is 20.1. The van der Waals surface area contributed by atoms with E-state index in [1.807, 2.05) is 19.1 Å². The fourth-order valence-electron chi connectivity index (χ4n) is 4.01. The number of fused-ring (bicyclic) bond motifs is 1. The predicted molar refractivity (Wildman–Crippen MR) is 130 cm³/mol. The maximum atomic E-state index is 12.1. The van der Waals surface area contributed by atoms with Gasteiger partial charge in [0, 0.05) is 31.2 Å². The van der Waals surface area contributed by atoms with Gasteiger partial charge in [-0.1, -0.05) is 11.6 Å². The van der Waals surface area contributed by atoms with Crippen LogP contribution in [0.1, 0.15) is 17.5 Å². The first-order valence-corrected chi connectivity index (χ1v) is 11.5. The average molecular weight is 511 g/mol. The molecule has 5 heterocycles. The summed E-state index contributed by atoms with van der Waals surface area (Å²) in [4.78, 5) is 34.3. The highest BCUT2D eigenvalue weighted by Gasteiger charge is 2.47. The van der Waals surface area contributed by atoms with Crippen LogP contribution in [0.4, 0.5) is 5.82 Å². The Morgan fingerprint density at radius 3 is 2.78 bits per heavy atom. The number of hydrogen-bond donors (Lipinski definition) is 4. The van der Waals surface area contributed by atoms with E-state index < -0.39 is 30.4 Å². The average Bonchev–Trinajstić information content (AvgIpc) is 3.43. The number of aliphatic hydroxyl groups is 2. The summed E-state index contributed by atoms with van der Waals surface area (Å²) in [7, 11) is 1.42. The summed E-state index contributed by atoms with van der Waals surface area (Å²) >= 11 is 6.14. The Balaban J connectivity index is 1.58. The van der Waals surface area contributed by atoms with E-state index >= 15 is 0 Å². The van der Waals surface area contributed by atoms with Gasteiger partial charge < -0.3 is 25.6 Å². The number of likely N-dealkylation sites (N-methyl/N-ethyl adjacent to an activating group) is 1. The van der Waals surface area contributed by atoms with Gasteiger partial charge >= 0.3 is 0 Å². The van der Waals surface area contributed by atoms with Crippen molar-refractivity contribution in [1.29, 1.82) is 0 Å². The molecule has 4 N–H and O–H groups in total. The number of carbonyl (C=O) groups is 1. The number of rotatable bonds is 6. The van der Waals surface area contributed by atoms with Crippen molar-refractivity contribution in [1.82, 2.24) is 34.8 Å². The first-order valence-electron chi connectivity index (χ1n) is 11.1. The van der Waals surface area contributed by atoms with Gasteiger partial charge in [-0.3, -0.25) is 19.3 Å². The lowest BCUT2D eigenvalue weighted by atomic mass is 10.1. The molecule has 5 rings (SSSR count). The Labute approximate surface area is 210 Å². The molecule has 0 saturated carbocycles. The van der Waals surface area contributed by atoms with E-state index in [1.165, 1.54) is 24.1 Å². The third-order valence-corrected chi connectivity index (χ3v) is 6.02. The Morgan fingerprint density at radius 2 is 2.03 bits per heavy atom. The number of pyridine rings is 2. The number of imidazole rings is 1. The Bertz CT molecular complexity index is 1430. The zero-order valence-electron chi connectivity index (χ0n) is 19.3. The van der Waals surface area contributed by atoms with Crippen molar-refractivity contribution in [3.8, 4) is 11.4 Å². The topological polar surface area (TPSA) is 160 Å². The van der Waals surface area contributed by atoms with E-state index in [9.17, 15) is 15.0 Å². The van der Waals surface area contributed by atoms with Gasteiger partial charge in [-0.25, -0.2) is 15.0 Å². The van der Waals surface area contributed by atoms with Crippen LogP contribution in [0, 0.1) is 6.92 Å². The lowest BCUT2D eigenvalue weighted by Crippen LogP contribution is -2.41. The number of amides is 1. The number of halogens is 1. The van der Waals surface area contributed by atoms with E-state index in [2.05, 4.69) is 35.6 Å². The number of aromatic nitrogens is 6. The van der Waals surface area contributed by atoms with E-state index in [0.717, 1.165) is 11.3 Å². The number of anilines is 1. The highest BCUT2D eigenvalue weighted by molar-refractivity contribution is 6.30. The molecule has 1 amide bonds. The molecule has 0 radical (unpaired) electrons. The highest BCUT2D eigenvalue weighted by atomic mass is 35.5. The molecule has 0 aromatic carbocycles. The van der Waals surface area contributed by atoms with Crippen LogP contribution in [0.15, 0.2) is 43.1 Å². The standard InChI is InChI=1S/C23H23ClN8O4/c1-11-3-4-27-14(5-11)9-28-20-15-21(31-19(30-20)12-6-13(24)8-26-7-12)32(10-29-15)23-17(34)16(33)18(36-23)22(35)25-2/h3-8,10,16-18,23,33-34H,9H2,1-2H3,(H,25,35)(H,28,30,31)/t16?,17?,18-,23?/m1/s1. The largest absolute Gasteiger partial charge is 0.387 e. The SMILES string of the molecule is CNC(=O)[C@@H]1OC(n2cnc3c(NCc4cc(C)ccn4)nc(-c4cncc(Cl)c4)nc32)C(O)C1O. The third-order valence-electron chi connectivity index (χ3n) is 5.81. The molecule has 1 aliphatic heterocycles. The summed E-state index contributed by atoms with van der Waals surface area (Å²) in [6.45, 7) is 2.35. The minimum Gasteiger partial charge on any atom is -0.387 e. The molecule has 4 aromatic rings. The molecule has 4 atom stereocenters. The van der Waals surface area contributed by atoms with Crippen molar-refractivity contribution in [2.24, 2.45) is 0 Å². The first kappa shape index (κ1) is 24.0. The van der Waals surface area contributed by atoms with Crippen molar-refractivity contribution < 1.29 is 19.7 Å². The Morgan fingerprint density at radius 1 is 1.19 bits per heavy atom. The Kier molecular flexibility index (Phi) is 6.49. The summed E-state index contributed by atoms with van der Waals surface area (Å²) < 4.78 is 7.19. The minimum atomic E-state index is -1.43. The Hall–Kier alpha value is -3.71. The van der Waals surface area contributed by atoms with Crippen LogP contribution in [-0.2, 0) is 16.1 Å². The van der Waals surface area contributed by atoms with Gasteiger partial charge in [-0.2, -0.15) is 0 Å². The van der Waals surface area contributed by atoms with Gasteiger partial charge in [0.25, 0.3) is 5.91 Å². The minimum absolute atomic E-state index is 0.301. The van der Waals surface area contributed by atoms with Crippen LogP contribution in [0.2, 0.25) is 5.02 Å². The van der Waals surface area contributed by atoms with Gasteiger partial charge in [0.15, 0.2) is 35.1 Å². The number of carbonyl (C=O) groups excluding carboxylic acids is 1. The zero-order chi connectivity index (χ0) is 25.4. The number of nitrogens with zero attached hydrogens (tertiary/aromatic N) is 6. The van der Waals surface area contributed by atoms with E-state index in [0.29, 0.717) is 39.9 Å². The summed E-state index contributed by atoms with van der Waals surface area (Å²) in [5, 5.41) is 27.2. The number of aliphatic hydroxyl groups excluding tert-OH is 2. The molecule has 1 aliphatic rings. The molecule has 0 aliphatic carbocycles. The second-order valence-corrected chi connectivity index (χ2v) is 8.77. The molecule has 13 heteroatoms. The normalized spacial score (nSPS) is 21.6. The summed E-state index contributed by atoms with van der Waals surface area (Å²) in [5.41, 5.74) is 3.15. The fourth-order valence-corrected chi connectivity index (χ4v) is 4.18. The summed E-state index contributed by atoms with van der Waals surface area (Å²) in [6.07, 6.45) is 1.02. The van der Waals surface area contributed by atoms with Crippen molar-refractivity contribution in [2.75, 3.05) is 12.4 Å². The molecule has 186 valence electrons. The maximum absolute atomic E-state index is 12.1. The van der Waals surface area contributed by atoms with E-state index in [-0.39, 0.29) is 0 Å². The van der Waals surface area contributed by atoms with Crippen LogP contribution >= 0.6 is 11.6 Å². The maximum Gasteiger partial charge on any atom is 0.251 e. The molecular weight excluding hydrogens is 488 g/mol. The molecule has 3 unspecified atom stereocenters. The molecule has 0 spiro atoms. The van der Waals surface area contributed by atoms with Gasteiger partial charge in [-0.05, 0) is 30.7 Å². The number of aryl methyl sites for hydroxylation is 1. The van der Waals surface area contributed by atoms with Crippen LogP contribution < -0.4 is 10.6 Å². The van der Waals surface area contributed by atoms with Crippen molar-refractivity contribution in [3.63, 3.8) is 0 Å². The van der Waals surface area contributed by atoms with Crippen molar-refractivity contribution in [3.05, 3.63) is 59.4 Å². The second kappa shape index (κ2) is 9.74. The lowest BCUT2D eigenvalue weighted by molar-refractivity contribution is -0.137. The van der Waals surface area contributed by atoms with Gasteiger partial charge in [-0.15, -0.1) is 0 Å². The van der Waals surface area contributed by atoms with E-state index in [1.54, 1.807) is 18.5 Å². The number of hydrogen-bond acceptors (Lipinski definition) is 10. The number of ether oxygens (including phenoxy) is 1. The molecule has 4 aromatic heterocycles. The highest BCUT2D eigenvalue weighted by Crippen LogP contribution is 2.33. The van der Waals surface area contributed by atoms with Crippen LogP contribution in [0.5, 0.6) is 0 Å². The smallest absolute Gasteiger partial charge is 0.251 e. The van der Waals surface area contributed by atoms with Gasteiger partial charge in [0.2, 0.25) is 0 Å². The molecule has 36 heavy (non-hydrogen) atoms. The fraction of sp³-hybridized carbons (Fsp3) is 0.304. The molecular formula is C23H23ClN8O4. The van der Waals surface area contributed by atoms with Crippen LogP contribution in [0.25, 0.3) is 22.6 Å².